The maximum Gasteiger partial charge on any atom is 0.107 e. The topological polar surface area (TPSA) is 9.23 Å². The van der Waals surface area contributed by atoms with Gasteiger partial charge in [-0.1, -0.05) is 0 Å². The molecule has 0 rings (SSSR count). The van der Waals surface area contributed by atoms with Crippen molar-refractivity contribution in [2.45, 2.75) is 18.8 Å². The summed E-state index contributed by atoms with van der Waals surface area (Å²) < 4.78 is 5.05. The van der Waals surface area contributed by atoms with Crippen LogP contribution >= 0.6 is 11.8 Å². The van der Waals surface area contributed by atoms with Gasteiger partial charge < -0.3 is 4.74 Å². The Labute approximate surface area is 49.4 Å². The van der Waals surface area contributed by atoms with E-state index in [1.807, 2.05) is 20.1 Å². The molecule has 0 aliphatic heterocycles. The third-order valence-electron chi connectivity index (χ3n) is 0.983. The Balaban J connectivity index is 3.36. The van der Waals surface area contributed by atoms with Gasteiger partial charge in [0, 0.05) is 7.11 Å². The lowest BCUT2D eigenvalue weighted by Crippen LogP contribution is -2.15. The van der Waals surface area contributed by atoms with Crippen LogP contribution in [0.25, 0.3) is 0 Å². The molecule has 0 aromatic carbocycles. The fraction of sp³-hybridized carbons (Fsp3) is 1.00. The van der Waals surface area contributed by atoms with Gasteiger partial charge in [0.15, 0.2) is 0 Å². The first-order valence-corrected chi connectivity index (χ1v) is 3.45. The third kappa shape index (κ3) is 2.94. The zero-order chi connectivity index (χ0) is 5.91. The maximum atomic E-state index is 5.05. The van der Waals surface area contributed by atoms with Crippen molar-refractivity contribution in [2.75, 3.05) is 13.4 Å². The summed E-state index contributed by atoms with van der Waals surface area (Å²) in [6.07, 6.45) is 2.03. The van der Waals surface area contributed by atoms with E-state index >= 15 is 0 Å². The van der Waals surface area contributed by atoms with Crippen LogP contribution in [0.4, 0.5) is 0 Å². The van der Waals surface area contributed by atoms with Crippen LogP contribution in [0.5, 0.6) is 0 Å². The van der Waals surface area contributed by atoms with Gasteiger partial charge in [-0.25, -0.2) is 0 Å². The SMILES string of the molecule is COC(C)(C)SC. The van der Waals surface area contributed by atoms with Crippen LogP contribution in [0.2, 0.25) is 0 Å². The summed E-state index contributed by atoms with van der Waals surface area (Å²) in [6, 6.07) is 0. The number of thioether (sulfide) groups is 1. The van der Waals surface area contributed by atoms with Crippen molar-refractivity contribution in [3.05, 3.63) is 0 Å². The van der Waals surface area contributed by atoms with E-state index in [1.54, 1.807) is 18.9 Å². The number of ether oxygens (including phenoxy) is 1. The average molecular weight is 120 g/mol. The molecule has 0 spiro atoms. The van der Waals surface area contributed by atoms with E-state index in [4.69, 9.17) is 4.74 Å². The van der Waals surface area contributed by atoms with Gasteiger partial charge in [0.1, 0.15) is 4.93 Å². The van der Waals surface area contributed by atoms with E-state index in [1.165, 1.54) is 0 Å². The molecule has 7 heavy (non-hydrogen) atoms. The molecule has 0 heterocycles. The lowest BCUT2D eigenvalue weighted by Gasteiger charge is -2.18. The molecule has 0 atom stereocenters. The first-order valence-electron chi connectivity index (χ1n) is 2.22. The summed E-state index contributed by atoms with van der Waals surface area (Å²) in [5.74, 6) is 0. The quantitative estimate of drug-likeness (QED) is 0.513. The molecule has 44 valence electrons. The number of hydrogen-bond donors (Lipinski definition) is 0. The Morgan fingerprint density at radius 3 is 1.86 bits per heavy atom. The van der Waals surface area contributed by atoms with Crippen molar-refractivity contribution in [1.29, 1.82) is 0 Å². The van der Waals surface area contributed by atoms with Crippen LogP contribution in [-0.4, -0.2) is 18.3 Å². The fourth-order valence-electron chi connectivity index (χ4n) is 0.0833. The van der Waals surface area contributed by atoms with Gasteiger partial charge in [-0.05, 0) is 20.1 Å². The van der Waals surface area contributed by atoms with E-state index in [-0.39, 0.29) is 4.93 Å². The molecular formula is C5H12OS. The van der Waals surface area contributed by atoms with Crippen LogP contribution in [0, 0.1) is 0 Å². The molecule has 0 amide bonds. The molecule has 0 bridgehead atoms. The van der Waals surface area contributed by atoms with Gasteiger partial charge in [-0.3, -0.25) is 0 Å². The number of hydrogen-bond acceptors (Lipinski definition) is 2. The van der Waals surface area contributed by atoms with Gasteiger partial charge in [-0.15, -0.1) is 11.8 Å². The van der Waals surface area contributed by atoms with Gasteiger partial charge in [0.25, 0.3) is 0 Å². The summed E-state index contributed by atoms with van der Waals surface area (Å²) in [6.45, 7) is 4.08. The lowest BCUT2D eigenvalue weighted by molar-refractivity contribution is 0.104. The first-order chi connectivity index (χ1) is 3.12. The third-order valence-corrected chi connectivity index (χ3v) is 2.13. The van der Waals surface area contributed by atoms with E-state index < -0.39 is 0 Å². The van der Waals surface area contributed by atoms with E-state index in [0.29, 0.717) is 0 Å². The van der Waals surface area contributed by atoms with Gasteiger partial charge in [0.05, 0.1) is 0 Å². The molecule has 2 heteroatoms. The monoisotopic (exact) mass is 120 g/mol. The predicted octanol–water partition coefficient (Wildman–Crippen LogP) is 1.73. The van der Waals surface area contributed by atoms with Crippen LogP contribution in [0.1, 0.15) is 13.8 Å². The van der Waals surface area contributed by atoms with Crippen LogP contribution < -0.4 is 0 Å². The maximum absolute atomic E-state index is 5.05. The zero-order valence-corrected chi connectivity index (χ0v) is 6.13. The van der Waals surface area contributed by atoms with E-state index in [2.05, 4.69) is 0 Å². The Hall–Kier alpha value is 0.310. The lowest BCUT2D eigenvalue weighted by atomic mass is 10.5. The summed E-state index contributed by atoms with van der Waals surface area (Å²) in [5, 5.41) is 0. The second-order valence-electron chi connectivity index (χ2n) is 1.81. The van der Waals surface area contributed by atoms with Crippen molar-refractivity contribution >= 4 is 11.8 Å². The molecule has 0 unspecified atom stereocenters. The molecule has 0 aromatic heterocycles. The van der Waals surface area contributed by atoms with Gasteiger partial charge in [-0.2, -0.15) is 0 Å². The van der Waals surface area contributed by atoms with Gasteiger partial charge in [0.2, 0.25) is 0 Å². The minimum atomic E-state index is 0. The standard InChI is InChI=1S/C5H12OS/c1-5(2,6-3)7-4/h1-4H3. The van der Waals surface area contributed by atoms with Crippen molar-refractivity contribution in [1.82, 2.24) is 0 Å². The Bertz CT molecular complexity index is 46.0. The van der Waals surface area contributed by atoms with E-state index in [9.17, 15) is 0 Å². The molecular weight excluding hydrogens is 108 g/mol. The highest BCUT2D eigenvalue weighted by molar-refractivity contribution is 7.99. The smallest absolute Gasteiger partial charge is 0.107 e. The summed E-state index contributed by atoms with van der Waals surface area (Å²) in [5.41, 5.74) is 0. The molecule has 0 radical (unpaired) electrons. The minimum absolute atomic E-state index is 0. The highest BCUT2D eigenvalue weighted by atomic mass is 32.2. The van der Waals surface area contributed by atoms with E-state index in [0.717, 1.165) is 0 Å². The molecule has 0 N–H and O–H groups in total. The number of rotatable bonds is 2. The first kappa shape index (κ1) is 7.31. The van der Waals surface area contributed by atoms with Crippen LogP contribution in [0.15, 0.2) is 0 Å². The van der Waals surface area contributed by atoms with Crippen LogP contribution in [0.3, 0.4) is 0 Å². The molecule has 0 fully saturated rings. The Morgan fingerprint density at radius 1 is 1.43 bits per heavy atom. The molecule has 0 aliphatic rings. The summed E-state index contributed by atoms with van der Waals surface area (Å²) >= 11 is 1.70. The highest BCUT2D eigenvalue weighted by Gasteiger charge is 2.11. The highest BCUT2D eigenvalue weighted by Crippen LogP contribution is 2.20. The molecule has 0 aliphatic carbocycles. The van der Waals surface area contributed by atoms with Crippen molar-refractivity contribution in [3.63, 3.8) is 0 Å². The Morgan fingerprint density at radius 2 is 1.86 bits per heavy atom. The molecule has 0 aromatic rings. The second kappa shape index (κ2) is 2.58. The van der Waals surface area contributed by atoms with Crippen molar-refractivity contribution in [3.8, 4) is 0 Å². The molecule has 1 nitrogen and oxygen atoms in total. The summed E-state index contributed by atoms with van der Waals surface area (Å²) in [7, 11) is 1.72. The van der Waals surface area contributed by atoms with Crippen molar-refractivity contribution in [2.24, 2.45) is 0 Å². The van der Waals surface area contributed by atoms with Crippen molar-refractivity contribution < 1.29 is 4.74 Å². The Kier molecular flexibility index (Phi) is 2.69. The summed E-state index contributed by atoms with van der Waals surface area (Å²) in [4.78, 5) is 0. The molecule has 0 saturated heterocycles. The number of methoxy groups -OCH3 is 1. The second-order valence-corrected chi connectivity index (χ2v) is 3.20. The van der Waals surface area contributed by atoms with Crippen LogP contribution in [-0.2, 0) is 4.74 Å². The fourth-order valence-corrected chi connectivity index (χ4v) is 0.250. The minimum Gasteiger partial charge on any atom is -0.368 e. The molecule has 0 saturated carbocycles. The average Bonchev–Trinajstić information content (AvgIpc) is 1.68. The predicted molar refractivity (Wildman–Crippen MR) is 34.6 cm³/mol. The van der Waals surface area contributed by atoms with Gasteiger partial charge >= 0.3 is 0 Å². The normalized spacial score (nSPS) is 12.0. The largest absolute Gasteiger partial charge is 0.368 e. The zero-order valence-electron chi connectivity index (χ0n) is 5.32.